The summed E-state index contributed by atoms with van der Waals surface area (Å²) in [5.74, 6) is -0.676. The van der Waals surface area contributed by atoms with Crippen LogP contribution in [0.4, 0.5) is 0 Å². The van der Waals surface area contributed by atoms with Crippen LogP contribution in [0.25, 0.3) is 0 Å². The molecule has 0 saturated carbocycles. The number of hydrogen-bond acceptors (Lipinski definition) is 2. The van der Waals surface area contributed by atoms with E-state index in [1.165, 1.54) is 12.8 Å². The Balaban J connectivity index is -0.000000315. The van der Waals surface area contributed by atoms with Crippen molar-refractivity contribution in [1.82, 2.24) is 0 Å². The van der Waals surface area contributed by atoms with Gasteiger partial charge in [0.15, 0.2) is 0 Å². The third kappa shape index (κ3) is 21.7. The zero-order valence-electron chi connectivity index (χ0n) is 14.6. The molecule has 1 unspecified atom stereocenters. The molecule has 0 aromatic carbocycles. The molecular weight excluding hydrogens is 327 g/mol. The van der Waals surface area contributed by atoms with Crippen LogP contribution in [0.15, 0.2) is 0 Å². The maximum absolute atomic E-state index is 10.4. The molecule has 0 spiro atoms. The number of carboxylic acids is 2. The molecule has 1 radical (unpaired) electrons. The van der Waals surface area contributed by atoms with Crippen LogP contribution in [0.3, 0.4) is 0 Å². The van der Waals surface area contributed by atoms with E-state index in [0.29, 0.717) is 6.42 Å². The van der Waals surface area contributed by atoms with Gasteiger partial charge in [0.2, 0.25) is 0 Å². The summed E-state index contributed by atoms with van der Waals surface area (Å²) < 4.78 is 0. The smallest absolute Gasteiger partial charge is 0.306 e. The van der Waals surface area contributed by atoms with Crippen LogP contribution < -0.4 is 0 Å². The van der Waals surface area contributed by atoms with Gasteiger partial charge in [-0.25, -0.2) is 0 Å². The molecule has 2 N–H and O–H groups in total. The number of carbonyl (C=O) groups is 2. The summed E-state index contributed by atoms with van der Waals surface area (Å²) >= 11 is 0. The minimum atomic E-state index is -0.672. The van der Waals surface area contributed by atoms with Crippen LogP contribution in [-0.2, 0) is 26.4 Å². The van der Waals surface area contributed by atoms with Crippen molar-refractivity contribution < 1.29 is 36.6 Å². The number of hydrogen-bond donors (Lipinski definition) is 2. The van der Waals surface area contributed by atoms with Gasteiger partial charge in [0.1, 0.15) is 0 Å². The molecule has 5 heteroatoms. The maximum atomic E-state index is 10.4. The number of rotatable bonds is 11. The molecule has 0 bridgehead atoms. The largest absolute Gasteiger partial charge is 0.481 e. The minimum Gasteiger partial charge on any atom is -0.481 e. The molecule has 1 atom stereocenters. The monoisotopic (exact) mass is 361 g/mol. The van der Waals surface area contributed by atoms with Crippen molar-refractivity contribution in [3.8, 4) is 0 Å². The van der Waals surface area contributed by atoms with Gasteiger partial charge in [0, 0.05) is 23.2 Å². The molecule has 0 aliphatic heterocycles. The van der Waals surface area contributed by atoms with Crippen molar-refractivity contribution in [3.05, 3.63) is 0 Å². The molecule has 0 saturated heterocycles. The van der Waals surface area contributed by atoms with E-state index in [1.54, 1.807) is 0 Å². The first-order valence-corrected chi connectivity index (χ1v) is 8.29. The first kappa shape index (κ1) is 26.3. The Morgan fingerprint density at radius 2 is 1.50 bits per heavy atom. The first-order valence-electron chi connectivity index (χ1n) is 8.29. The Labute approximate surface area is 146 Å². The van der Waals surface area contributed by atoms with Crippen LogP contribution in [0.1, 0.15) is 85.5 Å². The quantitative estimate of drug-likeness (QED) is 0.510. The van der Waals surface area contributed by atoms with E-state index in [0.717, 1.165) is 44.4 Å². The summed E-state index contributed by atoms with van der Waals surface area (Å²) in [7, 11) is 0. The molecule has 0 amide bonds. The van der Waals surface area contributed by atoms with Crippen LogP contribution in [0.2, 0.25) is 0 Å². The fraction of sp³-hybridized carbons (Fsp3) is 0.882. The third-order valence-corrected chi connectivity index (χ3v) is 3.42. The predicted octanol–water partition coefficient (Wildman–Crippen LogP) is 4.96. The average molecular weight is 361 g/mol. The molecule has 4 nitrogen and oxygen atoms in total. The van der Waals surface area contributed by atoms with Gasteiger partial charge in [0.05, 0.1) is 5.92 Å². The van der Waals surface area contributed by atoms with Crippen LogP contribution in [0.5, 0.6) is 0 Å². The number of carboxylic acid groups (broad SMARTS) is 2. The van der Waals surface area contributed by atoms with Crippen molar-refractivity contribution in [2.75, 3.05) is 0 Å². The molecule has 0 fully saturated rings. The van der Waals surface area contributed by atoms with E-state index in [9.17, 15) is 9.59 Å². The van der Waals surface area contributed by atoms with Gasteiger partial charge in [-0.2, -0.15) is 0 Å². The Hall–Kier alpha value is -0.554. The van der Waals surface area contributed by atoms with Gasteiger partial charge < -0.3 is 10.2 Å². The van der Waals surface area contributed by atoms with Crippen LogP contribution >= 0.6 is 0 Å². The summed E-state index contributed by atoms with van der Waals surface area (Å²) in [6, 6.07) is 0. The Kier molecular flexibility index (Phi) is 22.2. The maximum Gasteiger partial charge on any atom is 0.306 e. The van der Waals surface area contributed by atoms with E-state index in [1.807, 2.05) is 6.92 Å². The van der Waals surface area contributed by atoms with Crippen molar-refractivity contribution in [3.63, 3.8) is 0 Å². The predicted molar refractivity (Wildman–Crippen MR) is 86.5 cm³/mol. The molecule has 0 aromatic heterocycles. The van der Waals surface area contributed by atoms with Crippen molar-refractivity contribution in [2.24, 2.45) is 11.8 Å². The zero-order chi connectivity index (χ0) is 16.7. The fourth-order valence-electron chi connectivity index (χ4n) is 1.96. The standard InChI is InChI=1S/C9H18O2.C8H16O2.Co/c1-8(2)6-4-3-5-7-9(10)11;1-3-5-6-7(4-2)8(9)10;/h8H,3-7H2,1-2H3,(H,10,11);7H,3-6H2,1-2H3,(H,9,10);. The normalized spacial score (nSPS) is 11.1. The molecule has 22 heavy (non-hydrogen) atoms. The van der Waals surface area contributed by atoms with E-state index in [-0.39, 0.29) is 22.7 Å². The molecule has 0 heterocycles. The second-order valence-electron chi connectivity index (χ2n) is 5.97. The van der Waals surface area contributed by atoms with Crippen LogP contribution in [0, 0.1) is 11.8 Å². The Morgan fingerprint density at radius 1 is 0.909 bits per heavy atom. The molecule has 135 valence electrons. The van der Waals surface area contributed by atoms with Crippen molar-refractivity contribution >= 4 is 11.9 Å². The van der Waals surface area contributed by atoms with E-state index in [2.05, 4.69) is 20.8 Å². The molecule has 0 aliphatic rings. The summed E-state index contributed by atoms with van der Waals surface area (Å²) in [4.78, 5) is 20.5. The van der Waals surface area contributed by atoms with Crippen molar-refractivity contribution in [2.45, 2.75) is 85.5 Å². The Bertz CT molecular complexity index is 267. The van der Waals surface area contributed by atoms with E-state index in [4.69, 9.17) is 10.2 Å². The van der Waals surface area contributed by atoms with Gasteiger partial charge in [-0.1, -0.05) is 59.8 Å². The third-order valence-electron chi connectivity index (χ3n) is 3.42. The number of aliphatic carboxylic acids is 2. The van der Waals surface area contributed by atoms with Crippen molar-refractivity contribution in [1.29, 1.82) is 0 Å². The van der Waals surface area contributed by atoms with Gasteiger partial charge >= 0.3 is 11.9 Å². The van der Waals surface area contributed by atoms with E-state index < -0.39 is 11.9 Å². The van der Waals surface area contributed by atoms with E-state index >= 15 is 0 Å². The second-order valence-corrected chi connectivity index (χ2v) is 5.97. The SMILES string of the molecule is CC(C)CCCCCC(=O)O.CCCCC(CC)C(=O)O.[Co]. The molecule has 0 aromatic rings. The summed E-state index contributed by atoms with van der Waals surface area (Å²) in [6.07, 6.45) is 8.33. The minimum absolute atomic E-state index is 0. The summed E-state index contributed by atoms with van der Waals surface area (Å²) in [5, 5.41) is 16.9. The zero-order valence-corrected chi connectivity index (χ0v) is 15.6. The van der Waals surface area contributed by atoms with Crippen LogP contribution in [-0.4, -0.2) is 22.2 Å². The van der Waals surface area contributed by atoms with Gasteiger partial charge in [-0.15, -0.1) is 0 Å². The number of unbranched alkanes of at least 4 members (excludes halogenated alkanes) is 3. The molecule has 0 rings (SSSR count). The second kappa shape index (κ2) is 18.5. The fourth-order valence-corrected chi connectivity index (χ4v) is 1.96. The van der Waals surface area contributed by atoms with Gasteiger partial charge in [-0.05, 0) is 25.2 Å². The summed E-state index contributed by atoms with van der Waals surface area (Å²) in [6.45, 7) is 8.39. The Morgan fingerprint density at radius 3 is 1.86 bits per heavy atom. The topological polar surface area (TPSA) is 74.6 Å². The van der Waals surface area contributed by atoms with Gasteiger partial charge in [-0.3, -0.25) is 9.59 Å². The molecule has 0 aliphatic carbocycles. The van der Waals surface area contributed by atoms with Gasteiger partial charge in [0.25, 0.3) is 0 Å². The molecular formula is C17H34CoO4. The summed E-state index contributed by atoms with van der Waals surface area (Å²) in [5.41, 5.74) is 0. The first-order chi connectivity index (χ1) is 9.84. The average Bonchev–Trinajstić information content (AvgIpc) is 2.39.